The maximum atomic E-state index is 12.3. The van der Waals surface area contributed by atoms with Gasteiger partial charge in [-0.15, -0.1) is 0 Å². The molecule has 0 spiro atoms. The normalized spacial score (nSPS) is 11.7. The molecular formula is C18H21ClN2O3. The molecule has 6 heteroatoms. The number of aliphatic hydroxyl groups excluding tert-OH is 1. The molecule has 2 aromatic carbocycles. The summed E-state index contributed by atoms with van der Waals surface area (Å²) in [5.41, 5.74) is 2.21. The first kappa shape index (κ1) is 18.1. The summed E-state index contributed by atoms with van der Waals surface area (Å²) >= 11 is 6.20. The van der Waals surface area contributed by atoms with Crippen molar-refractivity contribution < 1.29 is 14.6 Å². The Kier molecular flexibility index (Phi) is 6.06. The van der Waals surface area contributed by atoms with Crippen LogP contribution >= 0.6 is 11.6 Å². The van der Waals surface area contributed by atoms with Gasteiger partial charge in [0, 0.05) is 19.8 Å². The van der Waals surface area contributed by atoms with E-state index in [9.17, 15) is 4.79 Å². The SMILES string of the molecule is CC(Oc1cccc(CO)c1)C(=O)Nc1ccc(N(C)C)c(Cl)c1. The minimum Gasteiger partial charge on any atom is -0.481 e. The van der Waals surface area contributed by atoms with Crippen LogP contribution in [0.15, 0.2) is 42.5 Å². The van der Waals surface area contributed by atoms with E-state index < -0.39 is 6.10 Å². The average Bonchev–Trinajstić information content (AvgIpc) is 2.54. The molecule has 0 heterocycles. The molecule has 0 saturated carbocycles. The summed E-state index contributed by atoms with van der Waals surface area (Å²) in [6.45, 7) is 1.59. The van der Waals surface area contributed by atoms with Crippen LogP contribution < -0.4 is 15.0 Å². The summed E-state index contributed by atoms with van der Waals surface area (Å²) in [6, 6.07) is 12.3. The van der Waals surface area contributed by atoms with Gasteiger partial charge in [0.1, 0.15) is 5.75 Å². The molecule has 1 amide bonds. The van der Waals surface area contributed by atoms with Crippen LogP contribution in [0.5, 0.6) is 5.75 Å². The number of anilines is 2. The lowest BCUT2D eigenvalue weighted by atomic mass is 10.2. The quantitative estimate of drug-likeness (QED) is 0.840. The van der Waals surface area contributed by atoms with E-state index in [1.165, 1.54) is 0 Å². The van der Waals surface area contributed by atoms with Crippen molar-refractivity contribution in [1.29, 1.82) is 0 Å². The van der Waals surface area contributed by atoms with E-state index in [2.05, 4.69) is 5.32 Å². The highest BCUT2D eigenvalue weighted by atomic mass is 35.5. The Hall–Kier alpha value is -2.24. The minimum atomic E-state index is -0.689. The van der Waals surface area contributed by atoms with Crippen LogP contribution in [0.25, 0.3) is 0 Å². The molecule has 0 fully saturated rings. The second-order valence-corrected chi connectivity index (χ2v) is 6.02. The fraction of sp³-hybridized carbons (Fsp3) is 0.278. The number of rotatable bonds is 6. The molecule has 5 nitrogen and oxygen atoms in total. The molecule has 0 aliphatic rings. The molecule has 2 rings (SSSR count). The number of nitrogens with zero attached hydrogens (tertiary/aromatic N) is 1. The van der Waals surface area contributed by atoms with Crippen LogP contribution in [-0.4, -0.2) is 31.2 Å². The van der Waals surface area contributed by atoms with E-state index in [0.717, 1.165) is 11.3 Å². The zero-order chi connectivity index (χ0) is 17.7. The first-order valence-electron chi connectivity index (χ1n) is 7.55. The highest BCUT2D eigenvalue weighted by Crippen LogP contribution is 2.27. The Morgan fingerprint density at radius 1 is 1.29 bits per heavy atom. The van der Waals surface area contributed by atoms with Crippen molar-refractivity contribution in [1.82, 2.24) is 0 Å². The van der Waals surface area contributed by atoms with Crippen LogP contribution in [0.2, 0.25) is 5.02 Å². The number of benzene rings is 2. The van der Waals surface area contributed by atoms with Crippen molar-refractivity contribution in [3.63, 3.8) is 0 Å². The number of hydrogen-bond acceptors (Lipinski definition) is 4. The standard InChI is InChI=1S/C18H21ClN2O3/c1-12(24-15-6-4-5-13(9-15)11-22)18(23)20-14-7-8-17(21(2)3)16(19)10-14/h4-10,12,22H,11H2,1-3H3,(H,20,23). The van der Waals surface area contributed by atoms with Crippen LogP contribution in [0.3, 0.4) is 0 Å². The van der Waals surface area contributed by atoms with Crippen LogP contribution in [0, 0.1) is 0 Å². The predicted octanol–water partition coefficient (Wildman–Crippen LogP) is 3.30. The lowest BCUT2D eigenvalue weighted by Gasteiger charge is -2.17. The van der Waals surface area contributed by atoms with Gasteiger partial charge in [0.05, 0.1) is 17.3 Å². The zero-order valence-corrected chi connectivity index (χ0v) is 14.7. The van der Waals surface area contributed by atoms with Gasteiger partial charge in [0.2, 0.25) is 0 Å². The maximum Gasteiger partial charge on any atom is 0.265 e. The molecule has 1 unspecified atom stereocenters. The van der Waals surface area contributed by atoms with E-state index in [0.29, 0.717) is 16.5 Å². The maximum absolute atomic E-state index is 12.3. The fourth-order valence-corrected chi connectivity index (χ4v) is 2.52. The van der Waals surface area contributed by atoms with E-state index in [-0.39, 0.29) is 12.5 Å². The average molecular weight is 349 g/mol. The Morgan fingerprint density at radius 2 is 2.04 bits per heavy atom. The lowest BCUT2D eigenvalue weighted by molar-refractivity contribution is -0.122. The highest BCUT2D eigenvalue weighted by molar-refractivity contribution is 6.33. The topological polar surface area (TPSA) is 61.8 Å². The Labute approximate surface area is 146 Å². The molecular weight excluding hydrogens is 328 g/mol. The van der Waals surface area contributed by atoms with Gasteiger partial charge >= 0.3 is 0 Å². The summed E-state index contributed by atoms with van der Waals surface area (Å²) in [4.78, 5) is 14.2. The first-order valence-corrected chi connectivity index (χ1v) is 7.92. The van der Waals surface area contributed by atoms with Crippen molar-refractivity contribution in [2.75, 3.05) is 24.3 Å². The fourth-order valence-electron chi connectivity index (χ4n) is 2.17. The molecule has 1 atom stereocenters. The number of hydrogen-bond donors (Lipinski definition) is 2. The molecule has 0 bridgehead atoms. The van der Waals surface area contributed by atoms with Crippen molar-refractivity contribution >= 4 is 28.9 Å². The van der Waals surface area contributed by atoms with Gasteiger partial charge in [-0.1, -0.05) is 23.7 Å². The number of carbonyl (C=O) groups excluding carboxylic acids is 1. The summed E-state index contributed by atoms with van der Waals surface area (Å²) in [6.07, 6.45) is -0.689. The summed E-state index contributed by atoms with van der Waals surface area (Å²) in [7, 11) is 3.80. The molecule has 0 aromatic heterocycles. The van der Waals surface area contributed by atoms with E-state index >= 15 is 0 Å². The highest BCUT2D eigenvalue weighted by Gasteiger charge is 2.16. The summed E-state index contributed by atoms with van der Waals surface area (Å²) in [5.74, 6) is 0.253. The molecule has 2 aromatic rings. The molecule has 2 N–H and O–H groups in total. The number of ether oxygens (including phenoxy) is 1. The van der Waals surface area contributed by atoms with Crippen LogP contribution in [0.1, 0.15) is 12.5 Å². The van der Waals surface area contributed by atoms with Crippen molar-refractivity contribution in [3.8, 4) is 5.75 Å². The van der Waals surface area contributed by atoms with E-state index in [1.54, 1.807) is 43.3 Å². The number of amides is 1. The molecule has 0 saturated heterocycles. The van der Waals surface area contributed by atoms with E-state index in [1.807, 2.05) is 25.1 Å². The Balaban J connectivity index is 2.02. The molecule has 0 aliphatic carbocycles. The second kappa shape index (κ2) is 8.04. The van der Waals surface area contributed by atoms with Crippen molar-refractivity contribution in [2.24, 2.45) is 0 Å². The van der Waals surface area contributed by atoms with Crippen LogP contribution in [-0.2, 0) is 11.4 Å². The van der Waals surface area contributed by atoms with Crippen molar-refractivity contribution in [3.05, 3.63) is 53.1 Å². The van der Waals surface area contributed by atoms with Gasteiger partial charge in [-0.25, -0.2) is 0 Å². The number of nitrogens with one attached hydrogen (secondary N) is 1. The monoisotopic (exact) mass is 348 g/mol. The molecule has 128 valence electrons. The Bertz CT molecular complexity index is 719. The molecule has 24 heavy (non-hydrogen) atoms. The minimum absolute atomic E-state index is 0.0749. The molecule has 0 aliphatic heterocycles. The number of halogens is 1. The largest absolute Gasteiger partial charge is 0.481 e. The molecule has 0 radical (unpaired) electrons. The summed E-state index contributed by atoms with van der Waals surface area (Å²) < 4.78 is 5.62. The lowest BCUT2D eigenvalue weighted by Crippen LogP contribution is -2.30. The van der Waals surface area contributed by atoms with Gasteiger partial charge < -0.3 is 20.1 Å². The van der Waals surface area contributed by atoms with Gasteiger partial charge in [-0.05, 0) is 42.8 Å². The smallest absolute Gasteiger partial charge is 0.265 e. The third-order valence-corrected chi connectivity index (χ3v) is 3.76. The first-order chi connectivity index (χ1) is 11.4. The van der Waals surface area contributed by atoms with Crippen LogP contribution in [0.4, 0.5) is 11.4 Å². The van der Waals surface area contributed by atoms with Gasteiger partial charge in [-0.3, -0.25) is 4.79 Å². The van der Waals surface area contributed by atoms with Crippen molar-refractivity contribution in [2.45, 2.75) is 19.6 Å². The third-order valence-electron chi connectivity index (χ3n) is 3.46. The number of carbonyl (C=O) groups is 1. The number of aliphatic hydroxyl groups is 1. The second-order valence-electron chi connectivity index (χ2n) is 5.62. The zero-order valence-electron chi connectivity index (χ0n) is 13.9. The van der Waals surface area contributed by atoms with Gasteiger partial charge in [-0.2, -0.15) is 0 Å². The van der Waals surface area contributed by atoms with Gasteiger partial charge in [0.15, 0.2) is 6.10 Å². The van der Waals surface area contributed by atoms with E-state index in [4.69, 9.17) is 21.4 Å². The third kappa shape index (κ3) is 4.63. The van der Waals surface area contributed by atoms with Gasteiger partial charge in [0.25, 0.3) is 5.91 Å². The summed E-state index contributed by atoms with van der Waals surface area (Å²) in [5, 5.41) is 12.5. The predicted molar refractivity (Wildman–Crippen MR) is 96.9 cm³/mol. The Morgan fingerprint density at radius 3 is 2.67 bits per heavy atom.